The number of hydrogen-bond acceptors (Lipinski definition) is 4. The second kappa shape index (κ2) is 8.00. The summed E-state index contributed by atoms with van der Waals surface area (Å²) in [6, 6.07) is 11.9. The van der Waals surface area contributed by atoms with Crippen LogP contribution in [0.2, 0.25) is 5.02 Å². The first-order valence-corrected chi connectivity index (χ1v) is 10.7. The molecular weight excluding hydrogens is 386 g/mol. The topological polar surface area (TPSA) is 72.5 Å². The predicted octanol–water partition coefficient (Wildman–Crippen LogP) is 4.26. The highest BCUT2D eigenvalue weighted by Gasteiger charge is 2.29. The molecule has 1 saturated carbocycles. The summed E-state index contributed by atoms with van der Waals surface area (Å²) in [5.74, 6) is -0.164. The van der Waals surface area contributed by atoms with E-state index in [1.54, 1.807) is 0 Å². The Bertz CT molecular complexity index is 935. The van der Waals surface area contributed by atoms with Crippen molar-refractivity contribution >= 4 is 27.6 Å². The zero-order valence-corrected chi connectivity index (χ0v) is 16.8. The highest BCUT2D eigenvalue weighted by Crippen LogP contribution is 2.27. The number of ether oxygens (including phenoxy) is 1. The summed E-state index contributed by atoms with van der Waals surface area (Å²) < 4.78 is 32.7. The summed E-state index contributed by atoms with van der Waals surface area (Å²) in [5.41, 5.74) is 2.22. The van der Waals surface area contributed by atoms with Gasteiger partial charge in [-0.3, -0.25) is 0 Å². The van der Waals surface area contributed by atoms with Crippen molar-refractivity contribution in [2.45, 2.75) is 50.2 Å². The predicted molar refractivity (Wildman–Crippen MR) is 104 cm³/mol. The molecule has 1 fully saturated rings. The van der Waals surface area contributed by atoms with Gasteiger partial charge in [-0.25, -0.2) is 17.9 Å². The first-order valence-electron chi connectivity index (χ1n) is 8.84. The lowest BCUT2D eigenvalue weighted by Crippen LogP contribution is -2.26. The number of carbonyl (C=O) groups excluding carboxylic acids is 1. The average molecular weight is 408 g/mol. The molecule has 0 bridgehead atoms. The molecule has 27 heavy (non-hydrogen) atoms. The number of esters is 1. The lowest BCUT2D eigenvalue weighted by Gasteiger charge is -2.10. The standard InChI is InChI=1S/C20H22ClNO4S/c1-13(2)15-5-3-14(4-6-15)12-26-20(23)16-7-10-18(21)19(11-16)27(24,25)22-17-8-9-17/h3-7,10-11,13,17,22H,8-9,12H2,1-2H3. The summed E-state index contributed by atoms with van der Waals surface area (Å²) in [5, 5.41) is 0.0731. The molecule has 2 aromatic carbocycles. The van der Waals surface area contributed by atoms with Crippen LogP contribution in [0.5, 0.6) is 0 Å². The van der Waals surface area contributed by atoms with E-state index < -0.39 is 16.0 Å². The van der Waals surface area contributed by atoms with Crippen LogP contribution in [0.4, 0.5) is 0 Å². The minimum absolute atomic E-state index is 0.0458. The first-order chi connectivity index (χ1) is 12.8. The molecule has 0 atom stereocenters. The van der Waals surface area contributed by atoms with E-state index in [-0.39, 0.29) is 28.1 Å². The van der Waals surface area contributed by atoms with Crippen LogP contribution in [0, 0.1) is 0 Å². The van der Waals surface area contributed by atoms with Crippen molar-refractivity contribution in [3.8, 4) is 0 Å². The molecule has 5 nitrogen and oxygen atoms in total. The molecule has 0 aliphatic heterocycles. The molecule has 7 heteroatoms. The van der Waals surface area contributed by atoms with Gasteiger partial charge >= 0.3 is 5.97 Å². The Morgan fingerprint density at radius 2 is 1.85 bits per heavy atom. The largest absolute Gasteiger partial charge is 0.457 e. The van der Waals surface area contributed by atoms with Gasteiger partial charge in [0.05, 0.1) is 10.6 Å². The lowest BCUT2D eigenvalue weighted by molar-refractivity contribution is 0.0472. The van der Waals surface area contributed by atoms with Gasteiger partial charge in [0.15, 0.2) is 0 Å². The second-order valence-electron chi connectivity index (χ2n) is 7.01. The van der Waals surface area contributed by atoms with E-state index in [0.717, 1.165) is 18.4 Å². The van der Waals surface area contributed by atoms with E-state index >= 15 is 0 Å². The zero-order chi connectivity index (χ0) is 19.6. The zero-order valence-electron chi connectivity index (χ0n) is 15.2. The molecule has 0 aromatic heterocycles. The third kappa shape index (κ3) is 5.09. The van der Waals surface area contributed by atoms with Crippen LogP contribution in [0.25, 0.3) is 0 Å². The van der Waals surface area contributed by atoms with Crippen LogP contribution in [0.1, 0.15) is 54.1 Å². The summed E-state index contributed by atoms with van der Waals surface area (Å²) >= 11 is 6.03. The van der Waals surface area contributed by atoms with Crippen LogP contribution in [0.15, 0.2) is 47.4 Å². The second-order valence-corrected chi connectivity index (χ2v) is 9.10. The fourth-order valence-electron chi connectivity index (χ4n) is 2.55. The van der Waals surface area contributed by atoms with Gasteiger partial charge in [0, 0.05) is 6.04 Å². The maximum Gasteiger partial charge on any atom is 0.338 e. The fourth-order valence-corrected chi connectivity index (χ4v) is 4.38. The quantitative estimate of drug-likeness (QED) is 0.696. The summed E-state index contributed by atoms with van der Waals surface area (Å²) in [7, 11) is -3.75. The number of rotatable bonds is 7. The molecule has 0 heterocycles. The van der Waals surface area contributed by atoms with Gasteiger partial charge in [0.25, 0.3) is 0 Å². The molecule has 0 unspecified atom stereocenters. The highest BCUT2D eigenvalue weighted by molar-refractivity contribution is 7.89. The third-order valence-electron chi connectivity index (χ3n) is 4.37. The SMILES string of the molecule is CC(C)c1ccc(COC(=O)c2ccc(Cl)c(S(=O)(=O)NC3CC3)c2)cc1. The Morgan fingerprint density at radius 1 is 1.19 bits per heavy atom. The molecule has 3 rings (SSSR count). The van der Waals surface area contributed by atoms with Gasteiger partial charge < -0.3 is 4.74 Å². The molecule has 0 spiro atoms. The van der Waals surface area contributed by atoms with E-state index in [1.807, 2.05) is 24.3 Å². The molecule has 0 radical (unpaired) electrons. The van der Waals surface area contributed by atoms with Crippen LogP contribution >= 0.6 is 11.6 Å². The van der Waals surface area contributed by atoms with Crippen LogP contribution in [0.3, 0.4) is 0 Å². The molecule has 1 aliphatic carbocycles. The Hall–Kier alpha value is -1.89. The van der Waals surface area contributed by atoms with Crippen LogP contribution in [-0.4, -0.2) is 20.4 Å². The van der Waals surface area contributed by atoms with Gasteiger partial charge in [-0.05, 0) is 48.1 Å². The summed E-state index contributed by atoms with van der Waals surface area (Å²) in [4.78, 5) is 12.2. The van der Waals surface area contributed by atoms with Crippen LogP contribution < -0.4 is 4.72 Å². The van der Waals surface area contributed by atoms with E-state index in [2.05, 4.69) is 18.6 Å². The molecule has 1 aliphatic rings. The number of hydrogen-bond donors (Lipinski definition) is 1. The van der Waals surface area contributed by atoms with Gasteiger partial charge in [-0.1, -0.05) is 49.7 Å². The van der Waals surface area contributed by atoms with Crippen molar-refractivity contribution in [1.82, 2.24) is 4.72 Å². The van der Waals surface area contributed by atoms with Crippen molar-refractivity contribution in [3.05, 3.63) is 64.2 Å². The number of nitrogens with one attached hydrogen (secondary N) is 1. The van der Waals surface area contributed by atoms with Crippen molar-refractivity contribution < 1.29 is 17.9 Å². The van der Waals surface area contributed by atoms with E-state index in [1.165, 1.54) is 23.8 Å². The van der Waals surface area contributed by atoms with Gasteiger partial charge in [-0.2, -0.15) is 0 Å². The molecular formula is C20H22ClNO4S. The molecule has 0 saturated heterocycles. The number of sulfonamides is 1. The maximum absolute atomic E-state index is 12.4. The normalized spacial score (nSPS) is 14.4. The van der Waals surface area contributed by atoms with Gasteiger partial charge in [0.1, 0.15) is 11.5 Å². The van der Waals surface area contributed by atoms with Crippen LogP contribution in [-0.2, 0) is 21.4 Å². The van der Waals surface area contributed by atoms with Gasteiger partial charge in [0.2, 0.25) is 10.0 Å². The van der Waals surface area contributed by atoms with E-state index in [0.29, 0.717) is 5.92 Å². The fraction of sp³-hybridized carbons (Fsp3) is 0.350. The van der Waals surface area contributed by atoms with Crippen molar-refractivity contribution in [3.63, 3.8) is 0 Å². The number of benzene rings is 2. The van der Waals surface area contributed by atoms with Gasteiger partial charge in [-0.15, -0.1) is 0 Å². The molecule has 2 aromatic rings. The highest BCUT2D eigenvalue weighted by atomic mass is 35.5. The van der Waals surface area contributed by atoms with E-state index in [4.69, 9.17) is 16.3 Å². The average Bonchev–Trinajstić information content (AvgIpc) is 3.43. The van der Waals surface area contributed by atoms with Crippen molar-refractivity contribution in [2.24, 2.45) is 0 Å². The smallest absolute Gasteiger partial charge is 0.338 e. The Morgan fingerprint density at radius 3 is 2.44 bits per heavy atom. The van der Waals surface area contributed by atoms with Crippen molar-refractivity contribution in [2.75, 3.05) is 0 Å². The Labute approximate surface area is 164 Å². The van der Waals surface area contributed by atoms with E-state index in [9.17, 15) is 13.2 Å². The minimum atomic E-state index is -3.75. The number of halogens is 1. The monoisotopic (exact) mass is 407 g/mol. The lowest BCUT2D eigenvalue weighted by atomic mass is 10.0. The minimum Gasteiger partial charge on any atom is -0.457 e. The first kappa shape index (κ1) is 19.9. The molecule has 0 amide bonds. The summed E-state index contributed by atoms with van der Waals surface area (Å²) in [6.07, 6.45) is 1.63. The summed E-state index contributed by atoms with van der Waals surface area (Å²) in [6.45, 7) is 4.33. The maximum atomic E-state index is 12.4. The Kier molecular flexibility index (Phi) is 5.89. The number of carbonyl (C=O) groups is 1. The molecule has 144 valence electrons. The molecule has 1 N–H and O–H groups in total. The third-order valence-corrected chi connectivity index (χ3v) is 6.37. The Balaban J connectivity index is 1.70. The van der Waals surface area contributed by atoms with Crippen molar-refractivity contribution in [1.29, 1.82) is 0 Å².